The zero-order valence-electron chi connectivity index (χ0n) is 6.76. The predicted molar refractivity (Wildman–Crippen MR) is 50.2 cm³/mol. The van der Waals surface area contributed by atoms with Gasteiger partial charge in [0.15, 0.2) is 0 Å². The van der Waals surface area contributed by atoms with Crippen LogP contribution in [0.25, 0.3) is 0 Å². The van der Waals surface area contributed by atoms with Gasteiger partial charge in [0.2, 0.25) is 0 Å². The maximum Gasteiger partial charge on any atom is 0.0229 e. The van der Waals surface area contributed by atoms with Crippen molar-refractivity contribution in [3.05, 3.63) is 35.9 Å². The van der Waals surface area contributed by atoms with E-state index in [1.54, 1.807) is 0 Å². The van der Waals surface area contributed by atoms with Crippen LogP contribution in [0.3, 0.4) is 0 Å². The molecule has 0 fully saturated rings. The van der Waals surface area contributed by atoms with Gasteiger partial charge in [-0.15, -0.1) is 11.6 Å². The van der Waals surface area contributed by atoms with E-state index < -0.39 is 0 Å². The zero-order valence-corrected chi connectivity index (χ0v) is 7.51. The summed E-state index contributed by atoms with van der Waals surface area (Å²) in [5, 5.41) is 0. The van der Waals surface area contributed by atoms with Crippen molar-refractivity contribution in [3.8, 4) is 0 Å². The van der Waals surface area contributed by atoms with Gasteiger partial charge in [0.1, 0.15) is 0 Å². The van der Waals surface area contributed by atoms with Crippen molar-refractivity contribution >= 4 is 11.6 Å². The molecule has 1 aromatic rings. The summed E-state index contributed by atoms with van der Waals surface area (Å²) in [5.74, 6) is 1.34. The molecule has 1 aromatic carbocycles. The van der Waals surface area contributed by atoms with E-state index >= 15 is 0 Å². The average molecular weight is 169 g/mol. The molecule has 0 aromatic heterocycles. The van der Waals surface area contributed by atoms with Crippen molar-refractivity contribution < 1.29 is 0 Å². The maximum atomic E-state index is 5.65. The first-order valence-corrected chi connectivity index (χ1v) is 4.49. The summed E-state index contributed by atoms with van der Waals surface area (Å²) in [5.41, 5.74) is 1.38. The third kappa shape index (κ3) is 2.55. The highest BCUT2D eigenvalue weighted by atomic mass is 35.5. The molecule has 0 bridgehead atoms. The second-order valence-electron chi connectivity index (χ2n) is 2.79. The van der Waals surface area contributed by atoms with Gasteiger partial charge in [0, 0.05) is 5.88 Å². The van der Waals surface area contributed by atoms with E-state index in [0.717, 1.165) is 12.3 Å². The molecule has 0 aliphatic carbocycles. The highest BCUT2D eigenvalue weighted by molar-refractivity contribution is 6.17. The molecule has 0 aliphatic heterocycles. The summed E-state index contributed by atoms with van der Waals surface area (Å²) in [7, 11) is 0. The Balaban J connectivity index is 2.61. The molecule has 0 nitrogen and oxygen atoms in total. The van der Waals surface area contributed by atoms with E-state index in [1.807, 2.05) is 6.07 Å². The van der Waals surface area contributed by atoms with E-state index in [9.17, 15) is 0 Å². The summed E-state index contributed by atoms with van der Waals surface area (Å²) in [6.07, 6.45) is 1.06. The fourth-order valence-corrected chi connectivity index (χ4v) is 1.44. The molecule has 0 spiro atoms. The standard InChI is InChI=1S/C10H13Cl/c1-9(7-8-11)10-5-3-2-4-6-10/h2-6,9H,7-8H2,1H3/t9-/m1/s1. The van der Waals surface area contributed by atoms with Gasteiger partial charge in [-0.3, -0.25) is 0 Å². The van der Waals surface area contributed by atoms with E-state index in [-0.39, 0.29) is 0 Å². The second kappa shape index (κ2) is 4.40. The third-order valence-electron chi connectivity index (χ3n) is 1.91. The maximum absolute atomic E-state index is 5.65. The van der Waals surface area contributed by atoms with Crippen molar-refractivity contribution in [3.63, 3.8) is 0 Å². The van der Waals surface area contributed by atoms with Crippen molar-refractivity contribution in [1.82, 2.24) is 0 Å². The van der Waals surface area contributed by atoms with Crippen LogP contribution in [-0.2, 0) is 0 Å². The lowest BCUT2D eigenvalue weighted by molar-refractivity contribution is 0.738. The van der Waals surface area contributed by atoms with Crippen molar-refractivity contribution in [2.24, 2.45) is 0 Å². The molecule has 0 heterocycles. The van der Waals surface area contributed by atoms with E-state index in [0.29, 0.717) is 5.92 Å². The Labute approximate surface area is 73.2 Å². The van der Waals surface area contributed by atoms with Crippen molar-refractivity contribution in [2.75, 3.05) is 5.88 Å². The molecule has 0 amide bonds. The van der Waals surface area contributed by atoms with Gasteiger partial charge in [-0.25, -0.2) is 0 Å². The Bertz CT molecular complexity index is 193. The molecule has 0 N–H and O–H groups in total. The number of rotatable bonds is 3. The fourth-order valence-electron chi connectivity index (χ4n) is 1.11. The normalized spacial score (nSPS) is 12.9. The van der Waals surface area contributed by atoms with E-state index in [2.05, 4.69) is 31.2 Å². The number of halogens is 1. The summed E-state index contributed by atoms with van der Waals surface area (Å²) in [6, 6.07) is 10.5. The summed E-state index contributed by atoms with van der Waals surface area (Å²) < 4.78 is 0. The van der Waals surface area contributed by atoms with Crippen LogP contribution in [0.2, 0.25) is 0 Å². The lowest BCUT2D eigenvalue weighted by Gasteiger charge is -2.08. The van der Waals surface area contributed by atoms with Crippen LogP contribution in [0.4, 0.5) is 0 Å². The molecule has 1 rings (SSSR count). The van der Waals surface area contributed by atoms with Crippen molar-refractivity contribution in [2.45, 2.75) is 19.3 Å². The fraction of sp³-hybridized carbons (Fsp3) is 0.400. The molecule has 0 aliphatic rings. The van der Waals surface area contributed by atoms with E-state index in [4.69, 9.17) is 11.6 Å². The number of benzene rings is 1. The Morgan fingerprint density at radius 2 is 1.91 bits per heavy atom. The first-order valence-electron chi connectivity index (χ1n) is 3.95. The van der Waals surface area contributed by atoms with Gasteiger partial charge in [-0.1, -0.05) is 37.3 Å². The van der Waals surface area contributed by atoms with Gasteiger partial charge in [0.25, 0.3) is 0 Å². The molecule has 1 atom stereocenters. The van der Waals surface area contributed by atoms with Gasteiger partial charge in [-0.2, -0.15) is 0 Å². The lowest BCUT2D eigenvalue weighted by Crippen LogP contribution is -1.92. The molecular weight excluding hydrogens is 156 g/mol. The van der Waals surface area contributed by atoms with Crippen LogP contribution >= 0.6 is 11.6 Å². The van der Waals surface area contributed by atoms with Crippen LogP contribution in [0.5, 0.6) is 0 Å². The number of alkyl halides is 1. The minimum Gasteiger partial charge on any atom is -0.127 e. The summed E-state index contributed by atoms with van der Waals surface area (Å²) >= 11 is 5.65. The first-order chi connectivity index (χ1) is 5.34. The molecule has 1 heteroatoms. The van der Waals surface area contributed by atoms with Crippen LogP contribution in [-0.4, -0.2) is 5.88 Å². The molecule has 0 radical (unpaired) electrons. The second-order valence-corrected chi connectivity index (χ2v) is 3.17. The predicted octanol–water partition coefficient (Wildman–Crippen LogP) is 3.42. The topological polar surface area (TPSA) is 0 Å². The van der Waals surface area contributed by atoms with Gasteiger partial charge in [0.05, 0.1) is 0 Å². The number of hydrogen-bond acceptors (Lipinski definition) is 0. The minimum atomic E-state index is 0.591. The van der Waals surface area contributed by atoms with E-state index in [1.165, 1.54) is 5.56 Å². The Kier molecular flexibility index (Phi) is 3.44. The molecule has 11 heavy (non-hydrogen) atoms. The molecule has 60 valence electrons. The zero-order chi connectivity index (χ0) is 8.10. The highest BCUT2D eigenvalue weighted by Gasteiger charge is 2.01. The molecule has 0 saturated heterocycles. The summed E-state index contributed by atoms with van der Waals surface area (Å²) in [4.78, 5) is 0. The largest absolute Gasteiger partial charge is 0.127 e. The van der Waals surface area contributed by atoms with Crippen LogP contribution < -0.4 is 0 Å². The Morgan fingerprint density at radius 1 is 1.27 bits per heavy atom. The quantitative estimate of drug-likeness (QED) is 0.607. The lowest BCUT2D eigenvalue weighted by atomic mass is 9.99. The Morgan fingerprint density at radius 3 is 2.45 bits per heavy atom. The van der Waals surface area contributed by atoms with Crippen LogP contribution in [0, 0.1) is 0 Å². The minimum absolute atomic E-state index is 0.591. The Hall–Kier alpha value is -0.490. The third-order valence-corrected chi connectivity index (χ3v) is 2.13. The SMILES string of the molecule is C[C@H](CCCl)c1ccccc1. The average Bonchev–Trinajstić information content (AvgIpc) is 2.07. The summed E-state index contributed by atoms with van der Waals surface area (Å²) in [6.45, 7) is 2.21. The highest BCUT2D eigenvalue weighted by Crippen LogP contribution is 2.18. The molecule has 0 unspecified atom stereocenters. The monoisotopic (exact) mass is 168 g/mol. The van der Waals surface area contributed by atoms with Gasteiger partial charge in [-0.05, 0) is 17.9 Å². The first kappa shape index (κ1) is 8.61. The van der Waals surface area contributed by atoms with Crippen LogP contribution in [0.1, 0.15) is 24.8 Å². The van der Waals surface area contributed by atoms with Crippen LogP contribution in [0.15, 0.2) is 30.3 Å². The smallest absolute Gasteiger partial charge is 0.0229 e. The van der Waals surface area contributed by atoms with Gasteiger partial charge >= 0.3 is 0 Å². The molecular formula is C10H13Cl. The van der Waals surface area contributed by atoms with Gasteiger partial charge < -0.3 is 0 Å². The number of hydrogen-bond donors (Lipinski definition) is 0. The van der Waals surface area contributed by atoms with Crippen molar-refractivity contribution in [1.29, 1.82) is 0 Å². The molecule has 0 saturated carbocycles.